The largest absolute Gasteiger partial charge is 0.497 e. The van der Waals surface area contributed by atoms with Gasteiger partial charge in [0, 0.05) is 33.1 Å². The molecule has 1 aromatic carbocycles. The van der Waals surface area contributed by atoms with Gasteiger partial charge in [-0.15, -0.1) is 0 Å². The number of likely N-dealkylation sites (tertiary alicyclic amines) is 1. The summed E-state index contributed by atoms with van der Waals surface area (Å²) >= 11 is 0. The van der Waals surface area contributed by atoms with Gasteiger partial charge in [-0.3, -0.25) is 4.79 Å². The zero-order valence-corrected chi connectivity index (χ0v) is 15.5. The monoisotopic (exact) mass is 346 g/mol. The molecule has 0 spiro atoms. The molecule has 0 bridgehead atoms. The molecule has 25 heavy (non-hydrogen) atoms. The van der Waals surface area contributed by atoms with Crippen molar-refractivity contribution < 1.29 is 9.53 Å². The second kappa shape index (κ2) is 9.91. The lowest BCUT2D eigenvalue weighted by molar-refractivity contribution is -0.121. The minimum atomic E-state index is 0.136. The number of carbonyl (C=O) groups excluding carboxylic acids is 1. The molecule has 1 fully saturated rings. The van der Waals surface area contributed by atoms with Crippen molar-refractivity contribution in [3.8, 4) is 5.75 Å². The number of piperidine rings is 1. The molecule has 0 saturated carbocycles. The van der Waals surface area contributed by atoms with Gasteiger partial charge in [-0.1, -0.05) is 12.1 Å². The van der Waals surface area contributed by atoms with E-state index in [1.54, 1.807) is 14.2 Å². The Kier molecular flexibility index (Phi) is 7.57. The number of nitrogens with one attached hydrogen (secondary N) is 2. The third-order valence-corrected chi connectivity index (χ3v) is 4.55. The number of nitrogens with zero attached hydrogens (tertiary/aromatic N) is 2. The molecule has 6 nitrogen and oxygen atoms in total. The summed E-state index contributed by atoms with van der Waals surface area (Å²) in [5.74, 6) is 2.41. The first-order valence-corrected chi connectivity index (χ1v) is 9.03. The number of ether oxygens (including phenoxy) is 1. The van der Waals surface area contributed by atoms with Crippen LogP contribution in [0.3, 0.4) is 0 Å². The molecule has 138 valence electrons. The summed E-state index contributed by atoms with van der Waals surface area (Å²) in [5.41, 5.74) is 1.13. The number of aliphatic imine (C=N–C) groups is 1. The maximum atomic E-state index is 11.5. The zero-order valence-electron chi connectivity index (χ0n) is 15.5. The molecule has 2 rings (SSSR count). The van der Waals surface area contributed by atoms with Crippen LogP contribution >= 0.6 is 0 Å². The predicted molar refractivity (Wildman–Crippen MR) is 101 cm³/mol. The maximum Gasteiger partial charge on any atom is 0.220 e. The van der Waals surface area contributed by atoms with Crippen molar-refractivity contribution >= 4 is 11.9 Å². The fraction of sp³-hybridized carbons (Fsp3) is 0.579. The van der Waals surface area contributed by atoms with Crippen LogP contribution in [0.4, 0.5) is 0 Å². The molecule has 1 saturated heterocycles. The van der Waals surface area contributed by atoms with E-state index in [1.807, 2.05) is 18.2 Å². The number of carbonyl (C=O) groups is 1. The maximum absolute atomic E-state index is 11.5. The Morgan fingerprint density at radius 1 is 1.36 bits per heavy atom. The van der Waals surface area contributed by atoms with Crippen molar-refractivity contribution in [1.82, 2.24) is 15.5 Å². The van der Waals surface area contributed by atoms with E-state index in [-0.39, 0.29) is 5.91 Å². The predicted octanol–water partition coefficient (Wildman–Crippen LogP) is 2.01. The minimum absolute atomic E-state index is 0.136. The lowest BCUT2D eigenvalue weighted by atomic mass is 9.93. The summed E-state index contributed by atoms with van der Waals surface area (Å²) in [6.07, 6.45) is 2.68. The van der Waals surface area contributed by atoms with E-state index in [0.29, 0.717) is 18.9 Å². The van der Waals surface area contributed by atoms with Crippen molar-refractivity contribution in [3.63, 3.8) is 0 Å². The van der Waals surface area contributed by atoms with Gasteiger partial charge in [0.25, 0.3) is 0 Å². The van der Waals surface area contributed by atoms with Crippen LogP contribution in [0.25, 0.3) is 0 Å². The summed E-state index contributed by atoms with van der Waals surface area (Å²) in [4.78, 5) is 18.6. The van der Waals surface area contributed by atoms with E-state index in [9.17, 15) is 4.79 Å². The summed E-state index contributed by atoms with van der Waals surface area (Å²) in [6.45, 7) is 5.42. The number of amides is 1. The first-order valence-electron chi connectivity index (χ1n) is 9.03. The quantitative estimate of drug-likeness (QED) is 0.611. The molecule has 1 aliphatic rings. The third kappa shape index (κ3) is 5.96. The molecule has 1 heterocycles. The Morgan fingerprint density at radius 3 is 2.76 bits per heavy atom. The fourth-order valence-corrected chi connectivity index (χ4v) is 3.08. The number of benzene rings is 1. The van der Waals surface area contributed by atoms with Crippen molar-refractivity contribution in [2.45, 2.75) is 32.7 Å². The summed E-state index contributed by atoms with van der Waals surface area (Å²) < 4.78 is 5.27. The average Bonchev–Trinajstić information content (AvgIpc) is 2.66. The third-order valence-electron chi connectivity index (χ3n) is 4.55. The smallest absolute Gasteiger partial charge is 0.220 e. The van der Waals surface area contributed by atoms with Gasteiger partial charge in [0.05, 0.1) is 13.7 Å². The highest BCUT2D eigenvalue weighted by Crippen LogP contribution is 2.21. The van der Waals surface area contributed by atoms with Gasteiger partial charge >= 0.3 is 0 Å². The van der Waals surface area contributed by atoms with Crippen molar-refractivity contribution in [1.29, 1.82) is 0 Å². The van der Waals surface area contributed by atoms with Crippen LogP contribution in [-0.4, -0.2) is 50.6 Å². The normalized spacial score (nSPS) is 15.8. The molecule has 1 aliphatic heterocycles. The molecule has 6 heteroatoms. The molecule has 2 N–H and O–H groups in total. The highest BCUT2D eigenvalue weighted by molar-refractivity contribution is 5.80. The lowest BCUT2D eigenvalue weighted by Crippen LogP contribution is -2.46. The standard InChI is InChI=1S/C19H30N4O2/c1-4-21-19(22-14-16-6-5-7-17(12-16)25-3)23-10-8-15(9-11-23)13-18(24)20-2/h5-7,12,15H,4,8-11,13-14H2,1-3H3,(H,20,24)(H,21,22). The van der Waals surface area contributed by atoms with Crippen LogP contribution in [-0.2, 0) is 11.3 Å². The van der Waals surface area contributed by atoms with Crippen molar-refractivity contribution in [2.24, 2.45) is 10.9 Å². The van der Waals surface area contributed by atoms with Crippen molar-refractivity contribution in [3.05, 3.63) is 29.8 Å². The topological polar surface area (TPSA) is 66.0 Å². The van der Waals surface area contributed by atoms with E-state index in [1.165, 1.54) is 0 Å². The lowest BCUT2D eigenvalue weighted by Gasteiger charge is -2.34. The van der Waals surface area contributed by atoms with Crippen LogP contribution in [0.1, 0.15) is 31.7 Å². The highest BCUT2D eigenvalue weighted by Gasteiger charge is 2.23. The number of rotatable bonds is 6. The number of hydrogen-bond donors (Lipinski definition) is 2. The van der Waals surface area contributed by atoms with Gasteiger partial charge in [-0.25, -0.2) is 4.99 Å². The van der Waals surface area contributed by atoms with Gasteiger partial charge in [0.15, 0.2) is 5.96 Å². The molecule has 0 unspecified atom stereocenters. The fourth-order valence-electron chi connectivity index (χ4n) is 3.08. The zero-order chi connectivity index (χ0) is 18.1. The van der Waals surface area contributed by atoms with E-state index < -0.39 is 0 Å². The Hall–Kier alpha value is -2.24. The van der Waals surface area contributed by atoms with Crippen LogP contribution in [0.15, 0.2) is 29.3 Å². The Labute approximate surface area is 150 Å². The van der Waals surface area contributed by atoms with Crippen LogP contribution in [0.2, 0.25) is 0 Å². The second-order valence-electron chi connectivity index (χ2n) is 6.33. The molecule has 0 atom stereocenters. The van der Waals surface area contributed by atoms with Gasteiger partial charge in [0.1, 0.15) is 5.75 Å². The Bertz CT molecular complexity index is 581. The first kappa shape index (κ1) is 19.1. The molecule has 0 aliphatic carbocycles. The van der Waals surface area contributed by atoms with E-state index >= 15 is 0 Å². The Morgan fingerprint density at radius 2 is 2.12 bits per heavy atom. The SMILES string of the molecule is CCNC(=NCc1cccc(OC)c1)N1CCC(CC(=O)NC)CC1. The molecule has 1 aromatic rings. The van der Waals surface area contributed by atoms with Gasteiger partial charge in [-0.2, -0.15) is 0 Å². The number of hydrogen-bond acceptors (Lipinski definition) is 3. The molecule has 0 aromatic heterocycles. The Balaban J connectivity index is 1.94. The van der Waals surface area contributed by atoms with Crippen LogP contribution in [0.5, 0.6) is 5.75 Å². The summed E-state index contributed by atoms with van der Waals surface area (Å²) in [7, 11) is 3.38. The van der Waals surface area contributed by atoms with Crippen LogP contribution in [0, 0.1) is 5.92 Å². The van der Waals surface area contributed by atoms with Crippen LogP contribution < -0.4 is 15.4 Å². The van der Waals surface area contributed by atoms with Crippen molar-refractivity contribution in [2.75, 3.05) is 33.8 Å². The van der Waals surface area contributed by atoms with Gasteiger partial charge in [0.2, 0.25) is 5.91 Å². The molecular formula is C19H30N4O2. The first-order chi connectivity index (χ1) is 12.2. The molecule has 0 radical (unpaired) electrons. The van der Waals surface area contributed by atoms with E-state index in [0.717, 1.165) is 49.7 Å². The van der Waals surface area contributed by atoms with Gasteiger partial charge in [-0.05, 0) is 43.4 Å². The number of methoxy groups -OCH3 is 1. The molecule has 1 amide bonds. The second-order valence-corrected chi connectivity index (χ2v) is 6.33. The van der Waals surface area contributed by atoms with E-state index in [2.05, 4.69) is 28.5 Å². The molecular weight excluding hydrogens is 316 g/mol. The van der Waals surface area contributed by atoms with Gasteiger partial charge < -0.3 is 20.3 Å². The average molecular weight is 346 g/mol. The minimum Gasteiger partial charge on any atom is -0.497 e. The summed E-state index contributed by atoms with van der Waals surface area (Å²) in [6, 6.07) is 8.00. The summed E-state index contributed by atoms with van der Waals surface area (Å²) in [5, 5.41) is 6.10. The number of guanidine groups is 1. The highest BCUT2D eigenvalue weighted by atomic mass is 16.5. The van der Waals surface area contributed by atoms with E-state index in [4.69, 9.17) is 9.73 Å².